The minimum Gasteiger partial charge on any atom is -0.475 e. The van der Waals surface area contributed by atoms with E-state index in [2.05, 4.69) is 5.32 Å². The molecule has 1 aliphatic rings. The maximum atomic E-state index is 11.4. The molecule has 0 saturated heterocycles. The predicted octanol–water partition coefficient (Wildman–Crippen LogP) is 3.94. The molecule has 0 amide bonds. The normalized spacial score (nSPS) is 17.0. The molecule has 2 aromatic rings. The first kappa shape index (κ1) is 14.1. The van der Waals surface area contributed by atoms with Crippen molar-refractivity contribution >= 4 is 16.9 Å². The molecule has 0 spiro atoms. The lowest BCUT2D eigenvalue weighted by Crippen LogP contribution is -2.28. The third-order valence-electron chi connectivity index (χ3n) is 4.32. The van der Waals surface area contributed by atoms with Crippen molar-refractivity contribution in [1.82, 2.24) is 5.32 Å². The van der Waals surface area contributed by atoms with Gasteiger partial charge >= 0.3 is 5.97 Å². The van der Waals surface area contributed by atoms with E-state index in [4.69, 9.17) is 4.42 Å². The van der Waals surface area contributed by atoms with E-state index in [0.29, 0.717) is 18.2 Å². The van der Waals surface area contributed by atoms with Gasteiger partial charge in [-0.2, -0.15) is 0 Å². The number of aromatic carboxylic acids is 1. The number of para-hydroxylation sites is 1. The van der Waals surface area contributed by atoms with Gasteiger partial charge in [0, 0.05) is 23.5 Å². The van der Waals surface area contributed by atoms with Crippen LogP contribution in [-0.4, -0.2) is 17.1 Å². The van der Waals surface area contributed by atoms with Gasteiger partial charge in [0.05, 0.1) is 0 Å². The van der Waals surface area contributed by atoms with Crippen LogP contribution in [0.4, 0.5) is 0 Å². The average molecular weight is 287 g/mol. The number of fused-ring (bicyclic) bond motifs is 1. The Morgan fingerprint density at radius 3 is 2.62 bits per heavy atom. The number of carboxylic acid groups (broad SMARTS) is 1. The van der Waals surface area contributed by atoms with E-state index >= 15 is 0 Å². The van der Waals surface area contributed by atoms with Crippen molar-refractivity contribution in [3.8, 4) is 0 Å². The summed E-state index contributed by atoms with van der Waals surface area (Å²) in [4.78, 5) is 11.4. The highest BCUT2D eigenvalue weighted by Crippen LogP contribution is 2.26. The van der Waals surface area contributed by atoms with Gasteiger partial charge in [-0.25, -0.2) is 4.79 Å². The molecular weight excluding hydrogens is 266 g/mol. The number of carbonyl (C=O) groups is 1. The molecule has 112 valence electrons. The second-order valence-corrected chi connectivity index (χ2v) is 5.78. The summed E-state index contributed by atoms with van der Waals surface area (Å²) in [5.41, 5.74) is 1.41. The zero-order valence-electron chi connectivity index (χ0n) is 12.1. The maximum Gasteiger partial charge on any atom is 0.372 e. The molecule has 1 fully saturated rings. The second-order valence-electron chi connectivity index (χ2n) is 5.78. The Hall–Kier alpha value is -1.81. The monoisotopic (exact) mass is 287 g/mol. The van der Waals surface area contributed by atoms with Crippen LogP contribution in [0.1, 0.15) is 54.6 Å². The van der Waals surface area contributed by atoms with Crippen molar-refractivity contribution in [3.63, 3.8) is 0 Å². The number of hydrogen-bond donors (Lipinski definition) is 2. The third kappa shape index (κ3) is 3.10. The molecule has 0 bridgehead atoms. The Kier molecular flexibility index (Phi) is 4.25. The van der Waals surface area contributed by atoms with Gasteiger partial charge in [-0.05, 0) is 18.9 Å². The van der Waals surface area contributed by atoms with E-state index < -0.39 is 5.97 Å². The minimum absolute atomic E-state index is 0.0670. The summed E-state index contributed by atoms with van der Waals surface area (Å²) in [6.07, 6.45) is 7.50. The fourth-order valence-electron chi connectivity index (χ4n) is 3.18. The van der Waals surface area contributed by atoms with Crippen molar-refractivity contribution in [1.29, 1.82) is 0 Å². The van der Waals surface area contributed by atoms with Crippen LogP contribution < -0.4 is 5.32 Å². The van der Waals surface area contributed by atoms with Gasteiger partial charge in [0.25, 0.3) is 0 Å². The summed E-state index contributed by atoms with van der Waals surface area (Å²) in [7, 11) is 0. The molecule has 1 heterocycles. The summed E-state index contributed by atoms with van der Waals surface area (Å²) in [5.74, 6) is -0.929. The Balaban J connectivity index is 1.81. The lowest BCUT2D eigenvalue weighted by molar-refractivity contribution is 0.0663. The molecule has 21 heavy (non-hydrogen) atoms. The molecule has 0 aliphatic heterocycles. The van der Waals surface area contributed by atoms with Crippen molar-refractivity contribution in [3.05, 3.63) is 35.6 Å². The molecule has 1 aromatic carbocycles. The Morgan fingerprint density at radius 1 is 1.19 bits per heavy atom. The van der Waals surface area contributed by atoms with Gasteiger partial charge in [-0.3, -0.25) is 0 Å². The molecule has 4 nitrogen and oxygen atoms in total. The van der Waals surface area contributed by atoms with Gasteiger partial charge in [0.2, 0.25) is 5.76 Å². The van der Waals surface area contributed by atoms with Gasteiger partial charge < -0.3 is 14.8 Å². The first-order valence-electron chi connectivity index (χ1n) is 7.73. The van der Waals surface area contributed by atoms with Crippen LogP contribution in [0, 0.1) is 0 Å². The Bertz CT molecular complexity index is 624. The Morgan fingerprint density at radius 2 is 1.90 bits per heavy atom. The highest BCUT2D eigenvalue weighted by Gasteiger charge is 2.20. The van der Waals surface area contributed by atoms with Crippen molar-refractivity contribution in [2.75, 3.05) is 0 Å². The van der Waals surface area contributed by atoms with Crippen LogP contribution in [0.2, 0.25) is 0 Å². The van der Waals surface area contributed by atoms with Gasteiger partial charge in [0.15, 0.2) is 0 Å². The fraction of sp³-hybridized carbons (Fsp3) is 0.471. The number of furan rings is 1. The van der Waals surface area contributed by atoms with Crippen molar-refractivity contribution < 1.29 is 14.3 Å². The van der Waals surface area contributed by atoms with Crippen LogP contribution in [-0.2, 0) is 6.54 Å². The summed E-state index contributed by atoms with van der Waals surface area (Å²) < 4.78 is 5.49. The number of benzene rings is 1. The first-order valence-corrected chi connectivity index (χ1v) is 7.73. The van der Waals surface area contributed by atoms with Crippen molar-refractivity contribution in [2.24, 2.45) is 0 Å². The molecule has 1 saturated carbocycles. The highest BCUT2D eigenvalue weighted by molar-refractivity contribution is 5.95. The fourth-order valence-corrected chi connectivity index (χ4v) is 3.18. The van der Waals surface area contributed by atoms with Gasteiger partial charge in [0.1, 0.15) is 5.58 Å². The molecule has 0 radical (unpaired) electrons. The molecule has 0 unspecified atom stereocenters. The third-order valence-corrected chi connectivity index (χ3v) is 4.32. The van der Waals surface area contributed by atoms with Gasteiger partial charge in [-0.15, -0.1) is 0 Å². The number of carboxylic acids is 1. The van der Waals surface area contributed by atoms with Crippen LogP contribution >= 0.6 is 0 Å². The van der Waals surface area contributed by atoms with Crippen LogP contribution in [0.5, 0.6) is 0 Å². The Labute approximate surface area is 124 Å². The molecule has 3 rings (SSSR count). The SMILES string of the molecule is O=C(O)c1oc2ccccc2c1CNC1CCCCCC1. The van der Waals surface area contributed by atoms with E-state index in [-0.39, 0.29) is 5.76 Å². The quantitative estimate of drug-likeness (QED) is 0.836. The number of rotatable bonds is 4. The molecule has 1 aliphatic carbocycles. The smallest absolute Gasteiger partial charge is 0.372 e. The maximum absolute atomic E-state index is 11.4. The summed E-state index contributed by atoms with van der Waals surface area (Å²) >= 11 is 0. The molecule has 1 aromatic heterocycles. The lowest BCUT2D eigenvalue weighted by Gasteiger charge is -2.15. The molecule has 4 heteroatoms. The molecular formula is C17H21NO3. The molecule has 2 N–H and O–H groups in total. The highest BCUT2D eigenvalue weighted by atomic mass is 16.4. The number of hydrogen-bond acceptors (Lipinski definition) is 3. The minimum atomic E-state index is -0.996. The number of nitrogens with one attached hydrogen (secondary N) is 1. The van der Waals surface area contributed by atoms with E-state index in [0.717, 1.165) is 10.9 Å². The summed E-state index contributed by atoms with van der Waals surface area (Å²) in [6.45, 7) is 0.559. The van der Waals surface area contributed by atoms with Gasteiger partial charge in [-0.1, -0.05) is 43.9 Å². The van der Waals surface area contributed by atoms with Crippen LogP contribution in [0.3, 0.4) is 0 Å². The van der Waals surface area contributed by atoms with Crippen LogP contribution in [0.15, 0.2) is 28.7 Å². The van der Waals surface area contributed by atoms with E-state index in [1.165, 1.54) is 38.5 Å². The van der Waals surface area contributed by atoms with Crippen molar-refractivity contribution in [2.45, 2.75) is 51.1 Å². The zero-order valence-corrected chi connectivity index (χ0v) is 12.1. The predicted molar refractivity (Wildman–Crippen MR) is 81.5 cm³/mol. The zero-order chi connectivity index (χ0) is 14.7. The largest absolute Gasteiger partial charge is 0.475 e. The van der Waals surface area contributed by atoms with E-state index in [9.17, 15) is 9.90 Å². The summed E-state index contributed by atoms with van der Waals surface area (Å²) in [6, 6.07) is 8.01. The first-order chi connectivity index (χ1) is 10.3. The average Bonchev–Trinajstić information content (AvgIpc) is 2.66. The topological polar surface area (TPSA) is 62.5 Å². The lowest BCUT2D eigenvalue weighted by atomic mass is 10.1. The van der Waals surface area contributed by atoms with E-state index in [1.54, 1.807) is 0 Å². The molecule has 0 atom stereocenters. The standard InChI is InChI=1S/C17H21NO3/c19-17(20)16-14(13-9-5-6-10-15(13)21-16)11-18-12-7-3-1-2-4-8-12/h5-6,9-10,12,18H,1-4,7-8,11H2,(H,19,20). The second kappa shape index (κ2) is 6.31. The van der Waals surface area contributed by atoms with E-state index in [1.807, 2.05) is 24.3 Å². The van der Waals surface area contributed by atoms with Crippen LogP contribution in [0.25, 0.3) is 11.0 Å². The summed E-state index contributed by atoms with van der Waals surface area (Å²) in [5, 5.41) is 13.8.